The molecule has 6 nitrogen and oxygen atoms in total. The van der Waals surface area contributed by atoms with Crippen molar-refractivity contribution < 1.29 is 4.74 Å². The Balaban J connectivity index is 2.43. The fourth-order valence-electron chi connectivity index (χ4n) is 1.70. The van der Waals surface area contributed by atoms with E-state index in [1.807, 2.05) is 0 Å². The Morgan fingerprint density at radius 3 is 2.67 bits per heavy atom. The number of nitrogens with zero attached hydrogens (tertiary/aromatic N) is 3. The van der Waals surface area contributed by atoms with Gasteiger partial charge < -0.3 is 15.8 Å². The number of hydrogen-bond donors (Lipinski definition) is 2. The summed E-state index contributed by atoms with van der Waals surface area (Å²) in [7, 11) is 1.51. The quantitative estimate of drug-likeness (QED) is 0.691. The molecule has 0 saturated carbocycles. The molecule has 3 N–H and O–H groups in total. The molecule has 0 aliphatic carbocycles. The second-order valence-electron chi connectivity index (χ2n) is 4.40. The number of nitrogen functional groups attached to an aromatic ring is 1. The molecule has 18 heavy (non-hydrogen) atoms. The van der Waals surface area contributed by atoms with E-state index < -0.39 is 0 Å². The number of aromatic nitrogens is 3. The van der Waals surface area contributed by atoms with E-state index in [4.69, 9.17) is 10.5 Å². The van der Waals surface area contributed by atoms with Crippen molar-refractivity contribution in [2.75, 3.05) is 18.2 Å². The van der Waals surface area contributed by atoms with E-state index >= 15 is 0 Å². The topological polar surface area (TPSA) is 86.0 Å². The fraction of sp³-hybridized carbons (Fsp3) is 0.750. The van der Waals surface area contributed by atoms with Gasteiger partial charge in [-0.2, -0.15) is 15.0 Å². The molecule has 0 amide bonds. The second kappa shape index (κ2) is 7.68. The van der Waals surface area contributed by atoms with Crippen molar-refractivity contribution in [2.45, 2.75) is 52.0 Å². The lowest BCUT2D eigenvalue weighted by atomic mass is 10.1. The summed E-state index contributed by atoms with van der Waals surface area (Å²) in [5.74, 6) is 0.643. The van der Waals surface area contributed by atoms with Crippen molar-refractivity contribution in [2.24, 2.45) is 0 Å². The standard InChI is InChI=1S/C12H23N5O/c1-4-5-6-7-8-9(2)14-11-15-10(13)16-12(17-11)18-3/h9H,4-8H2,1-3H3,(H3,13,14,15,16,17). The molecule has 1 unspecified atom stereocenters. The number of nitrogens with one attached hydrogen (secondary N) is 1. The number of anilines is 2. The minimum Gasteiger partial charge on any atom is -0.467 e. The van der Waals surface area contributed by atoms with Gasteiger partial charge in [0.25, 0.3) is 0 Å². The third kappa shape index (κ3) is 5.16. The van der Waals surface area contributed by atoms with E-state index in [1.54, 1.807) is 0 Å². The lowest BCUT2D eigenvalue weighted by Crippen LogP contribution is -2.18. The molecule has 0 saturated heterocycles. The van der Waals surface area contributed by atoms with Gasteiger partial charge in [0.15, 0.2) is 0 Å². The average Bonchev–Trinajstić information content (AvgIpc) is 2.34. The minimum absolute atomic E-state index is 0.169. The molecule has 0 aliphatic rings. The summed E-state index contributed by atoms with van der Waals surface area (Å²) >= 11 is 0. The Kier molecular flexibility index (Phi) is 6.18. The number of unbranched alkanes of at least 4 members (excludes halogenated alkanes) is 3. The van der Waals surface area contributed by atoms with Crippen molar-refractivity contribution >= 4 is 11.9 Å². The van der Waals surface area contributed by atoms with Crippen LogP contribution >= 0.6 is 0 Å². The van der Waals surface area contributed by atoms with Gasteiger partial charge in [-0.25, -0.2) is 0 Å². The van der Waals surface area contributed by atoms with Crippen LogP contribution in [0, 0.1) is 0 Å². The second-order valence-corrected chi connectivity index (χ2v) is 4.40. The molecular weight excluding hydrogens is 230 g/mol. The van der Waals surface area contributed by atoms with E-state index in [1.165, 1.54) is 32.8 Å². The molecule has 6 heteroatoms. The first kappa shape index (κ1) is 14.5. The highest BCUT2D eigenvalue weighted by Crippen LogP contribution is 2.12. The number of ether oxygens (including phenoxy) is 1. The summed E-state index contributed by atoms with van der Waals surface area (Å²) in [6.45, 7) is 4.32. The summed E-state index contributed by atoms with van der Waals surface area (Å²) in [5, 5.41) is 3.21. The maximum Gasteiger partial charge on any atom is 0.322 e. The van der Waals surface area contributed by atoms with Crippen LogP contribution in [-0.2, 0) is 0 Å². The Hall–Kier alpha value is -1.59. The molecule has 0 spiro atoms. The predicted molar refractivity (Wildman–Crippen MR) is 72.6 cm³/mol. The molecule has 1 atom stereocenters. The summed E-state index contributed by atoms with van der Waals surface area (Å²) in [6, 6.07) is 0.552. The van der Waals surface area contributed by atoms with Crippen molar-refractivity contribution in [3.05, 3.63) is 0 Å². The zero-order valence-corrected chi connectivity index (χ0v) is 11.4. The van der Waals surface area contributed by atoms with Crippen molar-refractivity contribution in [3.8, 4) is 6.01 Å². The van der Waals surface area contributed by atoms with Crippen molar-refractivity contribution in [1.29, 1.82) is 0 Å². The summed E-state index contributed by atoms with van der Waals surface area (Å²) < 4.78 is 4.95. The lowest BCUT2D eigenvalue weighted by molar-refractivity contribution is 0.379. The van der Waals surface area contributed by atoms with E-state index in [0.717, 1.165) is 6.42 Å². The zero-order chi connectivity index (χ0) is 13.4. The van der Waals surface area contributed by atoms with E-state index in [9.17, 15) is 0 Å². The highest BCUT2D eigenvalue weighted by atomic mass is 16.5. The van der Waals surface area contributed by atoms with Crippen LogP contribution in [-0.4, -0.2) is 28.1 Å². The molecule has 1 aromatic heterocycles. The third-order valence-corrected chi connectivity index (χ3v) is 2.68. The van der Waals surface area contributed by atoms with E-state index in [0.29, 0.717) is 12.0 Å². The molecule has 0 fully saturated rings. The van der Waals surface area contributed by atoms with Crippen LogP contribution in [0.2, 0.25) is 0 Å². The van der Waals surface area contributed by atoms with Gasteiger partial charge in [0.05, 0.1) is 7.11 Å². The van der Waals surface area contributed by atoms with E-state index in [-0.39, 0.29) is 12.0 Å². The first-order valence-corrected chi connectivity index (χ1v) is 6.47. The van der Waals surface area contributed by atoms with Crippen LogP contribution in [0.15, 0.2) is 0 Å². The van der Waals surface area contributed by atoms with Gasteiger partial charge in [0.1, 0.15) is 0 Å². The molecular formula is C12H23N5O. The predicted octanol–water partition coefficient (Wildman–Crippen LogP) is 2.23. The summed E-state index contributed by atoms with van der Waals surface area (Å²) in [4.78, 5) is 12.0. The monoisotopic (exact) mass is 253 g/mol. The molecule has 0 aromatic carbocycles. The van der Waals surface area contributed by atoms with Gasteiger partial charge in [-0.1, -0.05) is 32.6 Å². The molecule has 102 valence electrons. The van der Waals surface area contributed by atoms with Crippen LogP contribution in [0.3, 0.4) is 0 Å². The van der Waals surface area contributed by atoms with Gasteiger partial charge >= 0.3 is 6.01 Å². The van der Waals surface area contributed by atoms with Crippen LogP contribution in [0.25, 0.3) is 0 Å². The highest BCUT2D eigenvalue weighted by molar-refractivity contribution is 5.33. The highest BCUT2D eigenvalue weighted by Gasteiger charge is 2.07. The maximum absolute atomic E-state index is 5.57. The Labute approximate surface area is 108 Å². The normalized spacial score (nSPS) is 12.2. The van der Waals surface area contributed by atoms with Crippen LogP contribution in [0.1, 0.15) is 46.0 Å². The molecule has 1 rings (SSSR count). The third-order valence-electron chi connectivity index (χ3n) is 2.68. The Morgan fingerprint density at radius 2 is 2.00 bits per heavy atom. The number of methoxy groups -OCH3 is 1. The molecule has 0 bridgehead atoms. The fourth-order valence-corrected chi connectivity index (χ4v) is 1.70. The molecule has 1 heterocycles. The summed E-state index contributed by atoms with van der Waals surface area (Å²) in [5.41, 5.74) is 5.57. The molecule has 0 radical (unpaired) electrons. The Bertz CT molecular complexity index is 358. The zero-order valence-electron chi connectivity index (χ0n) is 11.4. The number of rotatable bonds is 8. The summed E-state index contributed by atoms with van der Waals surface area (Å²) in [6.07, 6.45) is 6.11. The minimum atomic E-state index is 0.169. The van der Waals surface area contributed by atoms with Crippen LogP contribution < -0.4 is 15.8 Å². The number of nitrogens with two attached hydrogens (primary N) is 1. The number of hydrogen-bond acceptors (Lipinski definition) is 6. The average molecular weight is 253 g/mol. The van der Waals surface area contributed by atoms with Gasteiger partial charge in [0.2, 0.25) is 11.9 Å². The Morgan fingerprint density at radius 1 is 1.22 bits per heavy atom. The largest absolute Gasteiger partial charge is 0.467 e. The molecule has 0 aliphatic heterocycles. The first-order chi connectivity index (χ1) is 8.65. The van der Waals surface area contributed by atoms with Gasteiger partial charge in [-0.05, 0) is 13.3 Å². The molecule has 1 aromatic rings. The van der Waals surface area contributed by atoms with Gasteiger partial charge in [-0.15, -0.1) is 0 Å². The lowest BCUT2D eigenvalue weighted by Gasteiger charge is -2.13. The van der Waals surface area contributed by atoms with Crippen molar-refractivity contribution in [1.82, 2.24) is 15.0 Å². The SMILES string of the molecule is CCCCCCC(C)Nc1nc(N)nc(OC)n1. The van der Waals surface area contributed by atoms with Crippen molar-refractivity contribution in [3.63, 3.8) is 0 Å². The van der Waals surface area contributed by atoms with Crippen LogP contribution in [0.5, 0.6) is 6.01 Å². The van der Waals surface area contributed by atoms with Gasteiger partial charge in [-0.3, -0.25) is 0 Å². The maximum atomic E-state index is 5.57. The van der Waals surface area contributed by atoms with Crippen LogP contribution in [0.4, 0.5) is 11.9 Å². The first-order valence-electron chi connectivity index (χ1n) is 6.47. The van der Waals surface area contributed by atoms with E-state index in [2.05, 4.69) is 34.1 Å². The van der Waals surface area contributed by atoms with Gasteiger partial charge in [0, 0.05) is 6.04 Å². The smallest absolute Gasteiger partial charge is 0.322 e.